The molecule has 156 valence electrons. The Morgan fingerprint density at radius 2 is 1.59 bits per heavy atom. The number of carbonyl (C=O) groups excluding carboxylic acids is 1. The van der Waals surface area contributed by atoms with Crippen molar-refractivity contribution in [1.29, 1.82) is 0 Å². The van der Waals surface area contributed by atoms with Gasteiger partial charge in [0.1, 0.15) is 16.9 Å². The summed E-state index contributed by atoms with van der Waals surface area (Å²) in [6, 6.07) is 21.4. The maximum absolute atomic E-state index is 12.7. The van der Waals surface area contributed by atoms with Gasteiger partial charge < -0.3 is 13.6 Å². The monoisotopic (exact) mass is 488 g/mol. The van der Waals surface area contributed by atoms with Crippen LogP contribution in [0.3, 0.4) is 0 Å². The highest BCUT2D eigenvalue weighted by molar-refractivity contribution is 9.10. The molecule has 5 rings (SSSR count). The summed E-state index contributed by atoms with van der Waals surface area (Å²) in [4.78, 5) is 37.2. The fraction of sp³-hybridized carbons (Fsp3) is 0. The Kier molecular flexibility index (Phi) is 4.95. The van der Waals surface area contributed by atoms with Crippen molar-refractivity contribution in [2.24, 2.45) is 0 Å². The van der Waals surface area contributed by atoms with Gasteiger partial charge in [-0.3, -0.25) is 0 Å². The number of hydrogen-bond acceptors (Lipinski definition) is 6. The van der Waals surface area contributed by atoms with Crippen molar-refractivity contribution in [3.63, 3.8) is 0 Å². The van der Waals surface area contributed by atoms with Gasteiger partial charge >= 0.3 is 17.2 Å². The third kappa shape index (κ3) is 3.74. The van der Waals surface area contributed by atoms with Crippen molar-refractivity contribution in [1.82, 2.24) is 0 Å². The Balaban J connectivity index is 1.62. The van der Waals surface area contributed by atoms with Gasteiger partial charge in [0.25, 0.3) is 0 Å². The van der Waals surface area contributed by atoms with Gasteiger partial charge in [-0.25, -0.2) is 14.4 Å². The molecule has 0 bridgehead atoms. The van der Waals surface area contributed by atoms with Crippen LogP contribution >= 0.6 is 15.9 Å². The van der Waals surface area contributed by atoms with Crippen molar-refractivity contribution >= 4 is 43.8 Å². The van der Waals surface area contributed by atoms with Gasteiger partial charge in [-0.2, -0.15) is 0 Å². The van der Waals surface area contributed by atoms with Crippen molar-refractivity contribution in [2.45, 2.75) is 0 Å². The number of ether oxygens (including phenoxy) is 1. The average Bonchev–Trinajstić information content (AvgIpc) is 2.78. The van der Waals surface area contributed by atoms with Crippen molar-refractivity contribution < 1.29 is 18.4 Å². The van der Waals surface area contributed by atoms with E-state index in [-0.39, 0.29) is 16.9 Å². The van der Waals surface area contributed by atoms with E-state index in [1.807, 2.05) is 6.07 Å². The van der Waals surface area contributed by atoms with Gasteiger partial charge in [0.2, 0.25) is 0 Å². The lowest BCUT2D eigenvalue weighted by molar-refractivity contribution is 0.0735. The molecule has 0 aliphatic carbocycles. The van der Waals surface area contributed by atoms with E-state index in [1.54, 1.807) is 60.7 Å². The highest BCUT2D eigenvalue weighted by Crippen LogP contribution is 2.30. The Morgan fingerprint density at radius 3 is 2.41 bits per heavy atom. The minimum Gasteiger partial charge on any atom is -0.423 e. The molecule has 0 fully saturated rings. The van der Waals surface area contributed by atoms with E-state index in [2.05, 4.69) is 15.9 Å². The number of halogens is 1. The first-order chi connectivity index (χ1) is 15.5. The zero-order chi connectivity index (χ0) is 22.2. The molecule has 0 spiro atoms. The van der Waals surface area contributed by atoms with Crippen LogP contribution in [-0.2, 0) is 0 Å². The van der Waals surface area contributed by atoms with Crippen LogP contribution in [0, 0.1) is 0 Å². The quantitative estimate of drug-likeness (QED) is 0.188. The normalized spacial score (nSPS) is 11.0. The molecule has 0 N–H and O–H groups in total. The maximum Gasteiger partial charge on any atom is 0.344 e. The molecule has 0 aliphatic rings. The summed E-state index contributed by atoms with van der Waals surface area (Å²) in [5, 5.41) is 1.20. The van der Waals surface area contributed by atoms with Gasteiger partial charge in [-0.1, -0.05) is 34.1 Å². The Morgan fingerprint density at radius 1 is 0.781 bits per heavy atom. The molecule has 32 heavy (non-hydrogen) atoms. The molecule has 0 saturated carbocycles. The number of hydrogen-bond donors (Lipinski definition) is 0. The molecule has 6 nitrogen and oxygen atoms in total. The van der Waals surface area contributed by atoms with E-state index in [0.717, 1.165) is 4.47 Å². The van der Waals surface area contributed by atoms with Crippen molar-refractivity contribution in [3.05, 3.63) is 110 Å². The molecular weight excluding hydrogens is 476 g/mol. The summed E-state index contributed by atoms with van der Waals surface area (Å²) in [5.41, 5.74) is 0.376. The number of benzene rings is 3. The van der Waals surface area contributed by atoms with Crippen LogP contribution in [0.15, 0.2) is 102 Å². The topological polar surface area (TPSA) is 86.7 Å². The van der Waals surface area contributed by atoms with Crippen molar-refractivity contribution in [3.8, 4) is 16.9 Å². The first-order valence-electron chi connectivity index (χ1n) is 9.57. The molecule has 7 heteroatoms. The largest absolute Gasteiger partial charge is 0.423 e. The van der Waals surface area contributed by atoms with Crippen LogP contribution in [0.4, 0.5) is 0 Å². The molecule has 0 saturated heterocycles. The van der Waals surface area contributed by atoms with E-state index >= 15 is 0 Å². The van der Waals surface area contributed by atoms with E-state index in [0.29, 0.717) is 27.5 Å². The molecule has 0 unspecified atom stereocenters. The molecule has 0 radical (unpaired) electrons. The Labute approximate surface area is 188 Å². The van der Waals surface area contributed by atoms with Gasteiger partial charge in [0, 0.05) is 32.9 Å². The van der Waals surface area contributed by atoms with Gasteiger partial charge in [-0.05, 0) is 48.5 Å². The number of rotatable bonds is 3. The molecule has 3 aromatic carbocycles. The lowest BCUT2D eigenvalue weighted by atomic mass is 10.0. The average molecular weight is 489 g/mol. The van der Waals surface area contributed by atoms with Crippen LogP contribution in [0.2, 0.25) is 0 Å². The molecule has 2 aromatic heterocycles. The van der Waals surface area contributed by atoms with Crippen molar-refractivity contribution in [2.75, 3.05) is 0 Å². The van der Waals surface area contributed by atoms with Crippen LogP contribution < -0.4 is 16.0 Å². The number of fused-ring (bicyclic) bond motifs is 2. The number of esters is 1. The fourth-order valence-electron chi connectivity index (χ4n) is 3.45. The fourth-order valence-corrected chi connectivity index (χ4v) is 3.83. The highest BCUT2D eigenvalue weighted by Gasteiger charge is 2.16. The molecule has 5 aromatic rings. The lowest BCUT2D eigenvalue weighted by Crippen LogP contribution is -2.09. The SMILES string of the molecule is O=C(Oc1ccc2c(-c3cc4cc(Br)ccc4oc3=O)cc(=O)oc2c1)c1ccccc1. The van der Waals surface area contributed by atoms with Crippen LogP contribution in [0.25, 0.3) is 33.1 Å². The predicted molar refractivity (Wildman–Crippen MR) is 123 cm³/mol. The molecule has 0 aliphatic heterocycles. The van der Waals surface area contributed by atoms with Gasteiger partial charge in [-0.15, -0.1) is 0 Å². The van der Waals surface area contributed by atoms with E-state index < -0.39 is 17.2 Å². The molecular formula is C25H13BrO6. The predicted octanol–water partition coefficient (Wildman–Crippen LogP) is 5.55. The first kappa shape index (κ1) is 20.0. The zero-order valence-electron chi connectivity index (χ0n) is 16.3. The molecule has 0 atom stereocenters. The van der Waals surface area contributed by atoms with Gasteiger partial charge in [0.15, 0.2) is 0 Å². The van der Waals surface area contributed by atoms with Crippen LogP contribution in [0.5, 0.6) is 5.75 Å². The first-order valence-corrected chi connectivity index (χ1v) is 10.4. The van der Waals surface area contributed by atoms with E-state index in [4.69, 9.17) is 13.6 Å². The summed E-state index contributed by atoms with van der Waals surface area (Å²) in [5.74, 6) is -0.328. The van der Waals surface area contributed by atoms with Crippen LogP contribution in [0.1, 0.15) is 10.4 Å². The minimum atomic E-state index is -0.646. The summed E-state index contributed by atoms with van der Waals surface area (Å²) in [6.45, 7) is 0. The third-order valence-electron chi connectivity index (χ3n) is 4.92. The maximum atomic E-state index is 12.7. The van der Waals surface area contributed by atoms with E-state index in [9.17, 15) is 14.4 Å². The smallest absolute Gasteiger partial charge is 0.344 e. The second-order valence-electron chi connectivity index (χ2n) is 7.02. The molecule has 0 amide bonds. The number of carbonyl (C=O) groups is 1. The zero-order valence-corrected chi connectivity index (χ0v) is 17.9. The summed E-state index contributed by atoms with van der Waals surface area (Å²) < 4.78 is 17.0. The van der Waals surface area contributed by atoms with Gasteiger partial charge in [0.05, 0.1) is 11.1 Å². The summed E-state index contributed by atoms with van der Waals surface area (Å²) in [6.07, 6.45) is 0. The van der Waals surface area contributed by atoms with Crippen LogP contribution in [-0.4, -0.2) is 5.97 Å². The second kappa shape index (κ2) is 7.94. The minimum absolute atomic E-state index is 0.180. The second-order valence-corrected chi connectivity index (χ2v) is 7.94. The highest BCUT2D eigenvalue weighted by atomic mass is 79.9. The summed E-state index contributed by atoms with van der Waals surface area (Å²) in [7, 11) is 0. The Bertz CT molecular complexity index is 1620. The standard InChI is InChI=1S/C25H13BrO6/c26-16-6-9-21-15(10-16)11-20(25(29)32-21)19-13-23(27)31-22-12-17(7-8-18(19)22)30-24(28)14-4-2-1-3-5-14/h1-13H. The van der Waals surface area contributed by atoms with E-state index in [1.165, 1.54) is 12.1 Å². The summed E-state index contributed by atoms with van der Waals surface area (Å²) >= 11 is 3.40. The molecule has 2 heterocycles. The Hall–Kier alpha value is -3.97. The third-order valence-corrected chi connectivity index (χ3v) is 5.41. The lowest BCUT2D eigenvalue weighted by Gasteiger charge is -2.08.